The molecule has 1 aliphatic rings. The molecule has 168 valence electrons. The molecule has 4 aromatic carbocycles. The zero-order valence-corrected chi connectivity index (χ0v) is 20.0. The van der Waals surface area contributed by atoms with Crippen molar-refractivity contribution in [3.63, 3.8) is 0 Å². The Morgan fingerprint density at radius 2 is 1.21 bits per heavy atom. The summed E-state index contributed by atoms with van der Waals surface area (Å²) < 4.78 is 19.1. The van der Waals surface area contributed by atoms with Gasteiger partial charge in [0.05, 0.1) is 11.2 Å². The predicted octanol–water partition coefficient (Wildman–Crippen LogP) is 7.22. The van der Waals surface area contributed by atoms with E-state index < -0.39 is 18.3 Å². The fraction of sp³-hybridized carbons (Fsp3) is 0.200. The van der Waals surface area contributed by atoms with Crippen molar-refractivity contribution >= 4 is 34.5 Å². The van der Waals surface area contributed by atoms with Crippen molar-refractivity contribution in [3.8, 4) is 22.3 Å². The summed E-state index contributed by atoms with van der Waals surface area (Å²) in [5.41, 5.74) is 6.54. The van der Waals surface area contributed by atoms with Gasteiger partial charge in [-0.05, 0) is 56.0 Å². The van der Waals surface area contributed by atoms with Gasteiger partial charge in [-0.3, -0.25) is 0 Å². The molecule has 0 amide bonds. The summed E-state index contributed by atoms with van der Waals surface area (Å²) in [5, 5.41) is 2.19. The minimum Gasteiger partial charge on any atom is -0.456 e. The van der Waals surface area contributed by atoms with E-state index in [9.17, 15) is 0 Å². The molecule has 0 atom stereocenters. The monoisotopic (exact) mass is 446 g/mol. The zero-order valence-electron chi connectivity index (χ0n) is 20.0. The Bertz CT molecular complexity index is 1480. The molecular formula is C30H27BO3. The average Bonchev–Trinajstić information content (AvgIpc) is 3.32. The maximum atomic E-state index is 6.43. The molecule has 3 nitrogen and oxygen atoms in total. The molecule has 0 unspecified atom stereocenters. The van der Waals surface area contributed by atoms with Gasteiger partial charge >= 0.3 is 7.12 Å². The smallest absolute Gasteiger partial charge is 0.456 e. The Kier molecular flexibility index (Phi) is 4.74. The second-order valence-corrected chi connectivity index (χ2v) is 10.0. The number of furan rings is 1. The van der Waals surface area contributed by atoms with E-state index in [-0.39, 0.29) is 0 Å². The van der Waals surface area contributed by atoms with E-state index in [0.717, 1.165) is 38.5 Å². The second-order valence-electron chi connectivity index (χ2n) is 10.0. The van der Waals surface area contributed by atoms with Crippen LogP contribution in [0.2, 0.25) is 0 Å². The second kappa shape index (κ2) is 7.59. The average molecular weight is 446 g/mol. The molecule has 1 aliphatic heterocycles. The maximum Gasteiger partial charge on any atom is 0.498 e. The van der Waals surface area contributed by atoms with Gasteiger partial charge in [-0.2, -0.15) is 0 Å². The van der Waals surface area contributed by atoms with E-state index in [1.807, 2.05) is 18.2 Å². The van der Waals surface area contributed by atoms with Gasteiger partial charge in [0.1, 0.15) is 11.2 Å². The third-order valence-electron chi connectivity index (χ3n) is 7.36. The van der Waals surface area contributed by atoms with Gasteiger partial charge in [0.25, 0.3) is 0 Å². The lowest BCUT2D eigenvalue weighted by Gasteiger charge is -2.32. The molecule has 0 radical (unpaired) electrons. The van der Waals surface area contributed by atoms with Crippen molar-refractivity contribution in [3.05, 3.63) is 91.0 Å². The molecule has 1 saturated heterocycles. The van der Waals surface area contributed by atoms with Gasteiger partial charge in [-0.1, -0.05) is 84.9 Å². The molecule has 0 aliphatic carbocycles. The first-order chi connectivity index (χ1) is 16.3. The number of hydrogen-bond donors (Lipinski definition) is 0. The summed E-state index contributed by atoms with van der Waals surface area (Å²) >= 11 is 0. The van der Waals surface area contributed by atoms with Crippen LogP contribution >= 0.6 is 0 Å². The number of fused-ring (bicyclic) bond motifs is 3. The van der Waals surface area contributed by atoms with Crippen molar-refractivity contribution in [1.82, 2.24) is 0 Å². The fourth-order valence-corrected chi connectivity index (χ4v) is 4.74. The van der Waals surface area contributed by atoms with E-state index in [1.165, 1.54) is 11.1 Å². The van der Waals surface area contributed by atoms with Gasteiger partial charge in [0, 0.05) is 16.2 Å². The predicted molar refractivity (Wildman–Crippen MR) is 140 cm³/mol. The van der Waals surface area contributed by atoms with E-state index in [0.29, 0.717) is 0 Å². The highest BCUT2D eigenvalue weighted by Crippen LogP contribution is 2.40. The number of benzene rings is 4. The lowest BCUT2D eigenvalue weighted by Crippen LogP contribution is -2.41. The summed E-state index contributed by atoms with van der Waals surface area (Å²) in [6, 6.07) is 31.7. The van der Waals surface area contributed by atoms with Crippen LogP contribution in [0.25, 0.3) is 44.2 Å². The molecular weight excluding hydrogens is 419 g/mol. The molecule has 4 heteroatoms. The maximum absolute atomic E-state index is 6.43. The Hall–Kier alpha value is -3.34. The minimum absolute atomic E-state index is 0.405. The highest BCUT2D eigenvalue weighted by Gasteiger charge is 2.52. The first-order valence-electron chi connectivity index (χ1n) is 11.8. The fourth-order valence-electron chi connectivity index (χ4n) is 4.74. The molecule has 1 fully saturated rings. The Balaban J connectivity index is 1.47. The minimum atomic E-state index is -0.470. The molecule has 0 N–H and O–H groups in total. The highest BCUT2D eigenvalue weighted by atomic mass is 16.7. The first-order valence-corrected chi connectivity index (χ1v) is 11.8. The number of para-hydroxylation sites is 1. The Labute approximate surface area is 200 Å². The summed E-state index contributed by atoms with van der Waals surface area (Å²) in [7, 11) is -0.470. The third-order valence-corrected chi connectivity index (χ3v) is 7.36. The van der Waals surface area contributed by atoms with Crippen LogP contribution in [0.4, 0.5) is 0 Å². The van der Waals surface area contributed by atoms with Gasteiger partial charge in [-0.25, -0.2) is 0 Å². The standard InChI is InChI=1S/C30H27BO3/c1-29(2)30(3,4)34-31(33-29)25-14-8-13-24-27-23(12-9-15-26(27)32-28(24)25)22-18-16-21(17-19-22)20-10-6-5-7-11-20/h5-19H,1-4H3. The van der Waals surface area contributed by atoms with Gasteiger partial charge in [-0.15, -0.1) is 0 Å². The first kappa shape index (κ1) is 21.2. The third kappa shape index (κ3) is 3.29. The molecule has 0 saturated carbocycles. The van der Waals surface area contributed by atoms with Crippen LogP contribution in [0.1, 0.15) is 27.7 Å². The Morgan fingerprint density at radius 1 is 0.588 bits per heavy atom. The SMILES string of the molecule is CC1(C)OB(c2cccc3c2oc2cccc(-c4ccc(-c5ccccc5)cc4)c23)OC1(C)C. The van der Waals surface area contributed by atoms with Crippen molar-refractivity contribution < 1.29 is 13.7 Å². The number of hydrogen-bond acceptors (Lipinski definition) is 3. The van der Waals surface area contributed by atoms with Crippen LogP contribution in [-0.2, 0) is 9.31 Å². The zero-order chi connectivity index (χ0) is 23.5. The molecule has 34 heavy (non-hydrogen) atoms. The van der Waals surface area contributed by atoms with Crippen LogP contribution in [0.5, 0.6) is 0 Å². The van der Waals surface area contributed by atoms with E-state index in [1.54, 1.807) is 0 Å². The lowest BCUT2D eigenvalue weighted by molar-refractivity contribution is 0.00578. The largest absolute Gasteiger partial charge is 0.498 e. The molecule has 6 rings (SSSR count). The van der Waals surface area contributed by atoms with Crippen molar-refractivity contribution in [2.24, 2.45) is 0 Å². The van der Waals surface area contributed by atoms with E-state index in [4.69, 9.17) is 13.7 Å². The summed E-state index contributed by atoms with van der Waals surface area (Å²) in [5.74, 6) is 0. The van der Waals surface area contributed by atoms with Crippen molar-refractivity contribution in [1.29, 1.82) is 0 Å². The van der Waals surface area contributed by atoms with Crippen LogP contribution in [0.3, 0.4) is 0 Å². The summed E-state index contributed by atoms with van der Waals surface area (Å²) in [6.07, 6.45) is 0. The highest BCUT2D eigenvalue weighted by molar-refractivity contribution is 6.65. The molecule has 5 aromatic rings. The lowest BCUT2D eigenvalue weighted by atomic mass is 9.78. The van der Waals surface area contributed by atoms with Crippen LogP contribution in [-0.4, -0.2) is 18.3 Å². The van der Waals surface area contributed by atoms with Crippen LogP contribution in [0, 0.1) is 0 Å². The van der Waals surface area contributed by atoms with Gasteiger partial charge < -0.3 is 13.7 Å². The molecule has 1 aromatic heterocycles. The van der Waals surface area contributed by atoms with Gasteiger partial charge in [0.2, 0.25) is 0 Å². The van der Waals surface area contributed by atoms with Gasteiger partial charge in [0.15, 0.2) is 0 Å². The van der Waals surface area contributed by atoms with Crippen LogP contribution in [0.15, 0.2) is 95.4 Å². The van der Waals surface area contributed by atoms with E-state index >= 15 is 0 Å². The summed E-state index contributed by atoms with van der Waals surface area (Å²) in [6.45, 7) is 8.29. The Morgan fingerprint density at radius 3 is 1.91 bits per heavy atom. The van der Waals surface area contributed by atoms with Crippen LogP contribution < -0.4 is 5.46 Å². The molecule has 0 spiro atoms. The van der Waals surface area contributed by atoms with E-state index in [2.05, 4.69) is 100 Å². The molecule has 0 bridgehead atoms. The topological polar surface area (TPSA) is 31.6 Å². The molecule has 2 heterocycles. The normalized spacial score (nSPS) is 17.0. The summed E-state index contributed by atoms with van der Waals surface area (Å²) in [4.78, 5) is 0. The van der Waals surface area contributed by atoms with Crippen molar-refractivity contribution in [2.75, 3.05) is 0 Å². The van der Waals surface area contributed by atoms with Crippen molar-refractivity contribution in [2.45, 2.75) is 38.9 Å². The number of rotatable bonds is 3. The quantitative estimate of drug-likeness (QED) is 0.274.